The number of hydrogen-bond acceptors (Lipinski definition) is 3. The average Bonchev–Trinajstić information content (AvgIpc) is 3.17. The highest BCUT2D eigenvalue weighted by molar-refractivity contribution is 14.0. The highest BCUT2D eigenvalue weighted by atomic mass is 127. The summed E-state index contributed by atoms with van der Waals surface area (Å²) in [5.74, 6) is 1.58. The molecule has 1 aliphatic heterocycles. The van der Waals surface area contributed by atoms with Crippen LogP contribution in [0.3, 0.4) is 0 Å². The summed E-state index contributed by atoms with van der Waals surface area (Å²) in [5.41, 5.74) is 3.86. The second-order valence-corrected chi connectivity index (χ2v) is 9.04. The van der Waals surface area contributed by atoms with Gasteiger partial charge < -0.3 is 20.5 Å². The molecule has 1 aromatic carbocycles. The zero-order valence-electron chi connectivity index (χ0n) is 20.0. The number of aryl methyl sites for hydroxylation is 1. The summed E-state index contributed by atoms with van der Waals surface area (Å²) in [5, 5.41) is 8.18. The molecule has 0 bridgehead atoms. The van der Waals surface area contributed by atoms with Gasteiger partial charge in [-0.05, 0) is 50.3 Å². The third kappa shape index (κ3) is 6.62. The van der Waals surface area contributed by atoms with Crippen molar-refractivity contribution in [3.63, 3.8) is 0 Å². The van der Waals surface area contributed by atoms with Crippen molar-refractivity contribution in [2.75, 3.05) is 52.4 Å². The quantitative estimate of drug-likeness (QED) is 0.261. The molecule has 33 heavy (non-hydrogen) atoms. The normalized spacial score (nSPS) is 17.5. The Morgan fingerprint density at radius 3 is 2.67 bits per heavy atom. The van der Waals surface area contributed by atoms with Crippen LogP contribution in [0, 0.1) is 12.8 Å². The van der Waals surface area contributed by atoms with E-state index in [1.54, 1.807) is 0 Å². The SMILES string of the molecule is CCNC(=NCCN1CCN(C(=O)C2CCC2)CC1)NCCc1c[nH]c2cccc(C)c12.I. The highest BCUT2D eigenvalue weighted by Gasteiger charge is 2.30. The minimum Gasteiger partial charge on any atom is -0.361 e. The number of halogens is 1. The van der Waals surface area contributed by atoms with Crippen LogP contribution in [-0.2, 0) is 11.2 Å². The van der Waals surface area contributed by atoms with E-state index in [9.17, 15) is 4.79 Å². The Morgan fingerprint density at radius 1 is 1.18 bits per heavy atom. The van der Waals surface area contributed by atoms with Crippen LogP contribution in [0.25, 0.3) is 10.9 Å². The summed E-state index contributed by atoms with van der Waals surface area (Å²) in [6.07, 6.45) is 6.48. The molecule has 2 aromatic rings. The number of rotatable bonds is 8. The standard InChI is InChI=1S/C25H38N6O.HI/c1-3-26-25(27-11-10-21-18-29-22-9-4-6-19(2)23(21)22)28-12-13-30-14-16-31(17-15-30)24(32)20-7-5-8-20;/h4,6,9,18,20,29H,3,5,7-8,10-17H2,1-2H3,(H2,26,27,28);1H. The van der Waals surface area contributed by atoms with Gasteiger partial charge in [0.05, 0.1) is 6.54 Å². The fraction of sp³-hybridized carbons (Fsp3) is 0.600. The maximum Gasteiger partial charge on any atom is 0.225 e. The number of fused-ring (bicyclic) bond motifs is 1. The van der Waals surface area contributed by atoms with Gasteiger partial charge in [0, 0.05) is 68.8 Å². The van der Waals surface area contributed by atoms with Gasteiger partial charge in [-0.3, -0.25) is 14.7 Å². The third-order valence-corrected chi connectivity index (χ3v) is 6.85. The lowest BCUT2D eigenvalue weighted by Crippen LogP contribution is -2.51. The van der Waals surface area contributed by atoms with E-state index in [0.717, 1.165) is 77.6 Å². The molecule has 7 nitrogen and oxygen atoms in total. The van der Waals surface area contributed by atoms with Gasteiger partial charge >= 0.3 is 0 Å². The average molecular weight is 567 g/mol. The van der Waals surface area contributed by atoms with E-state index in [1.165, 1.54) is 28.5 Å². The molecule has 1 saturated carbocycles. The van der Waals surface area contributed by atoms with Gasteiger partial charge in [0.2, 0.25) is 5.91 Å². The topological polar surface area (TPSA) is 75.8 Å². The van der Waals surface area contributed by atoms with E-state index < -0.39 is 0 Å². The van der Waals surface area contributed by atoms with E-state index >= 15 is 0 Å². The van der Waals surface area contributed by atoms with Crippen LogP contribution in [0.4, 0.5) is 0 Å². The molecule has 182 valence electrons. The fourth-order valence-corrected chi connectivity index (χ4v) is 4.71. The summed E-state index contributed by atoms with van der Waals surface area (Å²) in [6, 6.07) is 6.40. The van der Waals surface area contributed by atoms with E-state index in [1.807, 2.05) is 0 Å². The molecule has 2 aliphatic rings. The monoisotopic (exact) mass is 566 g/mol. The van der Waals surface area contributed by atoms with E-state index in [-0.39, 0.29) is 24.0 Å². The first-order valence-electron chi connectivity index (χ1n) is 12.2. The number of nitrogens with one attached hydrogen (secondary N) is 3. The van der Waals surface area contributed by atoms with Gasteiger partial charge in [-0.2, -0.15) is 0 Å². The Balaban J connectivity index is 0.00000306. The lowest BCUT2D eigenvalue weighted by atomic mass is 9.84. The van der Waals surface area contributed by atoms with Crippen LogP contribution in [0.5, 0.6) is 0 Å². The van der Waals surface area contributed by atoms with Crippen LogP contribution in [0.1, 0.15) is 37.3 Å². The molecule has 8 heteroatoms. The molecule has 1 amide bonds. The fourth-order valence-electron chi connectivity index (χ4n) is 4.71. The molecule has 0 atom stereocenters. The maximum absolute atomic E-state index is 12.4. The van der Waals surface area contributed by atoms with Crippen molar-refractivity contribution in [2.45, 2.75) is 39.5 Å². The second-order valence-electron chi connectivity index (χ2n) is 9.04. The molecular formula is C25H39IN6O. The maximum atomic E-state index is 12.4. The molecule has 3 N–H and O–H groups in total. The number of carbonyl (C=O) groups excluding carboxylic acids is 1. The molecule has 2 heterocycles. The molecule has 1 saturated heterocycles. The second kappa shape index (κ2) is 12.6. The van der Waals surface area contributed by atoms with Crippen LogP contribution >= 0.6 is 24.0 Å². The number of guanidine groups is 1. The van der Waals surface area contributed by atoms with Gasteiger partial charge in [0.1, 0.15) is 0 Å². The Kier molecular flexibility index (Phi) is 9.85. The summed E-state index contributed by atoms with van der Waals surface area (Å²) in [7, 11) is 0. The summed E-state index contributed by atoms with van der Waals surface area (Å²) >= 11 is 0. The first kappa shape index (κ1) is 25.8. The minimum absolute atomic E-state index is 0. The number of aliphatic imine (C=N–C) groups is 1. The van der Waals surface area contributed by atoms with Crippen molar-refractivity contribution in [3.8, 4) is 0 Å². The number of aromatic amines is 1. The first-order valence-corrected chi connectivity index (χ1v) is 12.2. The van der Waals surface area contributed by atoms with Crippen molar-refractivity contribution in [1.82, 2.24) is 25.4 Å². The number of benzene rings is 1. The van der Waals surface area contributed by atoms with Crippen LogP contribution in [0.15, 0.2) is 29.4 Å². The van der Waals surface area contributed by atoms with Crippen LogP contribution in [-0.4, -0.2) is 79.0 Å². The highest BCUT2D eigenvalue weighted by Crippen LogP contribution is 2.28. The predicted octanol–water partition coefficient (Wildman–Crippen LogP) is 3.14. The largest absolute Gasteiger partial charge is 0.361 e. The summed E-state index contributed by atoms with van der Waals surface area (Å²) < 4.78 is 0. The molecular weight excluding hydrogens is 527 g/mol. The zero-order chi connectivity index (χ0) is 22.3. The Labute approximate surface area is 214 Å². The summed E-state index contributed by atoms with van der Waals surface area (Å²) in [4.78, 5) is 25.1. The molecule has 4 rings (SSSR count). The van der Waals surface area contributed by atoms with Crippen molar-refractivity contribution in [1.29, 1.82) is 0 Å². The molecule has 0 unspecified atom stereocenters. The number of aromatic nitrogens is 1. The van der Waals surface area contributed by atoms with E-state index in [4.69, 9.17) is 4.99 Å². The number of H-pyrrole nitrogens is 1. The van der Waals surface area contributed by atoms with Gasteiger partial charge in [0.15, 0.2) is 5.96 Å². The summed E-state index contributed by atoms with van der Waals surface area (Å²) in [6.45, 7) is 11.3. The first-order chi connectivity index (χ1) is 15.7. The predicted molar refractivity (Wildman–Crippen MR) is 146 cm³/mol. The Hall–Kier alpha value is -1.81. The minimum atomic E-state index is 0. The number of nitrogens with zero attached hydrogens (tertiary/aromatic N) is 3. The van der Waals surface area contributed by atoms with Crippen LogP contribution < -0.4 is 10.6 Å². The Morgan fingerprint density at radius 2 is 1.97 bits per heavy atom. The molecule has 0 radical (unpaired) electrons. The lowest BCUT2D eigenvalue weighted by molar-refractivity contribution is -0.139. The number of amides is 1. The molecule has 1 aromatic heterocycles. The van der Waals surface area contributed by atoms with Crippen molar-refractivity contribution in [2.24, 2.45) is 10.9 Å². The van der Waals surface area contributed by atoms with Crippen molar-refractivity contribution >= 4 is 46.7 Å². The molecule has 0 spiro atoms. The van der Waals surface area contributed by atoms with Gasteiger partial charge in [0.25, 0.3) is 0 Å². The van der Waals surface area contributed by atoms with Gasteiger partial charge in [-0.25, -0.2) is 0 Å². The van der Waals surface area contributed by atoms with Crippen molar-refractivity contribution in [3.05, 3.63) is 35.5 Å². The molecule has 2 fully saturated rings. The third-order valence-electron chi connectivity index (χ3n) is 6.85. The Bertz CT molecular complexity index is 930. The number of hydrogen-bond donors (Lipinski definition) is 3. The van der Waals surface area contributed by atoms with Gasteiger partial charge in [-0.1, -0.05) is 18.6 Å². The zero-order valence-corrected chi connectivity index (χ0v) is 22.4. The molecule has 1 aliphatic carbocycles. The van der Waals surface area contributed by atoms with Gasteiger partial charge in [-0.15, -0.1) is 24.0 Å². The lowest BCUT2D eigenvalue weighted by Gasteiger charge is -2.38. The number of piperazine rings is 1. The van der Waals surface area contributed by atoms with Crippen molar-refractivity contribution < 1.29 is 4.79 Å². The number of carbonyl (C=O) groups is 1. The van der Waals surface area contributed by atoms with Crippen LogP contribution in [0.2, 0.25) is 0 Å². The van der Waals surface area contributed by atoms with E-state index in [2.05, 4.69) is 63.7 Å². The smallest absolute Gasteiger partial charge is 0.225 e. The van der Waals surface area contributed by atoms with E-state index in [0.29, 0.717) is 11.8 Å².